The second kappa shape index (κ2) is 8.58. The van der Waals surface area contributed by atoms with Gasteiger partial charge < -0.3 is 14.5 Å². The fraction of sp³-hybridized carbons (Fsp3) is 0.455. The van der Waals surface area contributed by atoms with Gasteiger partial charge in [-0.3, -0.25) is 14.4 Å². The molecule has 0 radical (unpaired) electrons. The Morgan fingerprint density at radius 2 is 2.06 bits per heavy atom. The second-order valence-corrected chi connectivity index (χ2v) is 8.07. The lowest BCUT2D eigenvalue weighted by Gasteiger charge is -2.37. The highest BCUT2D eigenvalue weighted by Gasteiger charge is 2.34. The molecule has 1 atom stereocenters. The Labute approximate surface area is 179 Å². The van der Waals surface area contributed by atoms with E-state index < -0.39 is 11.7 Å². The van der Waals surface area contributed by atoms with Gasteiger partial charge in [-0.2, -0.15) is 5.10 Å². The van der Waals surface area contributed by atoms with Crippen molar-refractivity contribution in [1.29, 1.82) is 0 Å². The molecule has 164 valence electrons. The van der Waals surface area contributed by atoms with Gasteiger partial charge in [-0.15, -0.1) is 0 Å². The van der Waals surface area contributed by atoms with E-state index >= 15 is 0 Å². The number of piperazine rings is 1. The Hall–Kier alpha value is -3.07. The molecule has 2 amide bonds. The lowest BCUT2D eigenvalue weighted by Crippen LogP contribution is -2.55. The molecule has 1 N–H and O–H groups in total. The third-order valence-electron chi connectivity index (χ3n) is 6.15. The first-order valence-electron chi connectivity index (χ1n) is 10.3. The summed E-state index contributed by atoms with van der Waals surface area (Å²) in [6, 6.07) is 4.41. The van der Waals surface area contributed by atoms with E-state index in [1.165, 1.54) is 17.0 Å². The maximum atomic E-state index is 14.5. The predicted molar refractivity (Wildman–Crippen MR) is 110 cm³/mol. The van der Waals surface area contributed by atoms with Gasteiger partial charge in [0.25, 0.3) is 11.5 Å². The summed E-state index contributed by atoms with van der Waals surface area (Å²) in [6.07, 6.45) is 1.15. The number of hydrogen-bond donors (Lipinski definition) is 1. The number of amides is 2. The molecule has 2 aliphatic rings. The van der Waals surface area contributed by atoms with Gasteiger partial charge in [-0.05, 0) is 43.5 Å². The molecule has 4 rings (SSSR count). The van der Waals surface area contributed by atoms with E-state index in [1.54, 1.807) is 17.9 Å². The van der Waals surface area contributed by atoms with Crippen molar-refractivity contribution in [3.05, 3.63) is 62.3 Å². The molecule has 0 unspecified atom stereocenters. The SMILES string of the molecule is Cc1c(Cc2ccc(F)c(C(=O)N3CCN([C@@H]4CCOC4)C(=O)C3)c2)n[nH]c(=O)c1C. The van der Waals surface area contributed by atoms with Gasteiger partial charge in [0.1, 0.15) is 12.4 Å². The van der Waals surface area contributed by atoms with Crippen LogP contribution in [-0.4, -0.2) is 70.7 Å². The molecule has 0 saturated carbocycles. The molecule has 1 aromatic heterocycles. The van der Waals surface area contributed by atoms with Crippen molar-refractivity contribution in [2.45, 2.75) is 32.7 Å². The summed E-state index contributed by atoms with van der Waals surface area (Å²) >= 11 is 0. The highest BCUT2D eigenvalue weighted by Crippen LogP contribution is 2.20. The van der Waals surface area contributed by atoms with Crippen LogP contribution in [0, 0.1) is 19.7 Å². The molecule has 1 aromatic carbocycles. The molecule has 0 spiro atoms. The Bertz CT molecular complexity index is 1080. The van der Waals surface area contributed by atoms with Gasteiger partial charge in [0, 0.05) is 31.7 Å². The van der Waals surface area contributed by atoms with Crippen molar-refractivity contribution in [3.8, 4) is 0 Å². The summed E-state index contributed by atoms with van der Waals surface area (Å²) in [6.45, 7) is 5.38. The summed E-state index contributed by atoms with van der Waals surface area (Å²) in [5, 5.41) is 6.55. The second-order valence-electron chi connectivity index (χ2n) is 8.07. The van der Waals surface area contributed by atoms with Crippen LogP contribution in [0.1, 0.15) is 39.2 Å². The smallest absolute Gasteiger partial charge is 0.267 e. The molecular weight excluding hydrogens is 403 g/mol. The van der Waals surface area contributed by atoms with Gasteiger partial charge in [0.2, 0.25) is 5.91 Å². The number of carbonyl (C=O) groups excluding carboxylic acids is 2. The standard InChI is InChI=1S/C22H25FN4O4/c1-13-14(2)21(29)25-24-19(13)10-15-3-4-18(23)17(9-15)22(30)26-6-7-27(20(28)11-26)16-5-8-31-12-16/h3-4,9,16H,5-8,10-12H2,1-2H3,(H,25,29)/t16-/m1/s1. The first-order chi connectivity index (χ1) is 14.8. The molecule has 0 aliphatic carbocycles. The Balaban J connectivity index is 1.51. The van der Waals surface area contributed by atoms with Crippen LogP contribution in [0.2, 0.25) is 0 Å². The molecule has 2 aromatic rings. The predicted octanol–water partition coefficient (Wildman–Crippen LogP) is 1.19. The molecule has 2 aliphatic heterocycles. The first kappa shape index (κ1) is 21.2. The van der Waals surface area contributed by atoms with Crippen molar-refractivity contribution in [1.82, 2.24) is 20.0 Å². The lowest BCUT2D eigenvalue weighted by molar-refractivity contribution is -0.137. The Morgan fingerprint density at radius 1 is 1.26 bits per heavy atom. The molecule has 9 heteroatoms. The van der Waals surface area contributed by atoms with Crippen LogP contribution in [-0.2, 0) is 16.0 Å². The number of nitrogens with one attached hydrogen (secondary N) is 1. The number of rotatable bonds is 4. The van der Waals surface area contributed by atoms with Crippen molar-refractivity contribution < 1.29 is 18.7 Å². The largest absolute Gasteiger partial charge is 0.379 e. The summed E-state index contributed by atoms with van der Waals surface area (Å²) in [4.78, 5) is 40.4. The molecule has 31 heavy (non-hydrogen) atoms. The summed E-state index contributed by atoms with van der Waals surface area (Å²) < 4.78 is 19.9. The number of ether oxygens (including phenoxy) is 1. The third kappa shape index (κ3) is 4.23. The number of aromatic nitrogens is 2. The van der Waals surface area contributed by atoms with Crippen molar-refractivity contribution >= 4 is 11.8 Å². The first-order valence-corrected chi connectivity index (χ1v) is 10.3. The van der Waals surface area contributed by atoms with Crippen LogP contribution in [0.25, 0.3) is 0 Å². The van der Waals surface area contributed by atoms with Crippen molar-refractivity contribution in [2.75, 3.05) is 32.8 Å². The zero-order valence-electron chi connectivity index (χ0n) is 17.6. The quantitative estimate of drug-likeness (QED) is 0.789. The van der Waals surface area contributed by atoms with E-state index in [2.05, 4.69) is 10.2 Å². The summed E-state index contributed by atoms with van der Waals surface area (Å²) in [5.74, 6) is -1.28. The minimum absolute atomic E-state index is 0.0568. The minimum atomic E-state index is -0.629. The van der Waals surface area contributed by atoms with E-state index in [0.29, 0.717) is 49.5 Å². The van der Waals surface area contributed by atoms with E-state index in [-0.39, 0.29) is 29.6 Å². The number of nitrogens with zero attached hydrogens (tertiary/aromatic N) is 3. The van der Waals surface area contributed by atoms with Crippen LogP contribution < -0.4 is 5.56 Å². The van der Waals surface area contributed by atoms with E-state index in [9.17, 15) is 18.8 Å². The zero-order chi connectivity index (χ0) is 22.1. The van der Waals surface area contributed by atoms with Gasteiger partial charge in [0.05, 0.1) is 23.9 Å². The van der Waals surface area contributed by atoms with E-state index in [1.807, 2.05) is 6.92 Å². The monoisotopic (exact) mass is 428 g/mol. The number of hydrogen-bond acceptors (Lipinski definition) is 5. The fourth-order valence-corrected chi connectivity index (χ4v) is 4.07. The van der Waals surface area contributed by atoms with Crippen LogP contribution in [0.5, 0.6) is 0 Å². The van der Waals surface area contributed by atoms with Crippen LogP contribution in [0.15, 0.2) is 23.0 Å². The average Bonchev–Trinajstić information content (AvgIpc) is 3.29. The molecular formula is C22H25FN4O4. The van der Waals surface area contributed by atoms with Crippen molar-refractivity contribution in [2.24, 2.45) is 0 Å². The summed E-state index contributed by atoms with van der Waals surface area (Å²) in [5.41, 5.74) is 2.38. The zero-order valence-corrected chi connectivity index (χ0v) is 17.6. The minimum Gasteiger partial charge on any atom is -0.379 e. The molecule has 8 nitrogen and oxygen atoms in total. The van der Waals surface area contributed by atoms with E-state index in [4.69, 9.17) is 4.74 Å². The van der Waals surface area contributed by atoms with Crippen LogP contribution >= 0.6 is 0 Å². The topological polar surface area (TPSA) is 95.6 Å². The highest BCUT2D eigenvalue weighted by atomic mass is 19.1. The molecule has 2 fully saturated rings. The Morgan fingerprint density at radius 3 is 2.77 bits per heavy atom. The number of aromatic amines is 1. The van der Waals surface area contributed by atoms with E-state index in [0.717, 1.165) is 12.0 Å². The lowest BCUT2D eigenvalue weighted by atomic mass is 10.0. The number of benzene rings is 1. The normalized spacial score (nSPS) is 19.2. The Kier molecular flexibility index (Phi) is 5.86. The molecule has 0 bridgehead atoms. The van der Waals surface area contributed by atoms with Gasteiger partial charge >= 0.3 is 0 Å². The number of halogens is 1. The third-order valence-corrected chi connectivity index (χ3v) is 6.15. The van der Waals surface area contributed by atoms with Crippen molar-refractivity contribution in [3.63, 3.8) is 0 Å². The maximum absolute atomic E-state index is 14.5. The highest BCUT2D eigenvalue weighted by molar-refractivity contribution is 5.97. The van der Waals surface area contributed by atoms with Gasteiger partial charge in [0.15, 0.2) is 0 Å². The number of H-pyrrole nitrogens is 1. The number of carbonyl (C=O) groups is 2. The fourth-order valence-electron chi connectivity index (χ4n) is 4.07. The van der Waals surface area contributed by atoms with Crippen LogP contribution in [0.4, 0.5) is 4.39 Å². The van der Waals surface area contributed by atoms with Gasteiger partial charge in [-0.1, -0.05) is 6.07 Å². The van der Waals surface area contributed by atoms with Crippen LogP contribution in [0.3, 0.4) is 0 Å². The summed E-state index contributed by atoms with van der Waals surface area (Å²) in [7, 11) is 0. The molecule has 3 heterocycles. The van der Waals surface area contributed by atoms with Gasteiger partial charge in [-0.25, -0.2) is 9.49 Å². The molecule has 2 saturated heterocycles. The average molecular weight is 428 g/mol. The maximum Gasteiger partial charge on any atom is 0.267 e.